The molecule has 204 valence electrons. The van der Waals surface area contributed by atoms with Gasteiger partial charge in [-0.05, 0) is 63.2 Å². The van der Waals surface area contributed by atoms with Gasteiger partial charge >= 0.3 is 0 Å². The predicted octanol–water partition coefficient (Wildman–Crippen LogP) is 5.26. The Bertz CT molecular complexity index is 1560. The fourth-order valence-corrected chi connectivity index (χ4v) is 6.27. The summed E-state index contributed by atoms with van der Waals surface area (Å²) in [5.41, 5.74) is 4.15. The van der Waals surface area contributed by atoms with Crippen molar-refractivity contribution < 1.29 is 8.42 Å². The van der Waals surface area contributed by atoms with E-state index in [0.29, 0.717) is 5.95 Å². The maximum absolute atomic E-state index is 12.7. The average molecular weight is 545 g/mol. The Morgan fingerprint density at radius 2 is 1.64 bits per heavy atom. The van der Waals surface area contributed by atoms with Gasteiger partial charge in [-0.25, -0.2) is 23.1 Å². The summed E-state index contributed by atoms with van der Waals surface area (Å²) in [6.07, 6.45) is 1.81. The molecule has 0 aliphatic carbocycles. The van der Waals surface area contributed by atoms with Crippen LogP contribution in [-0.2, 0) is 10.0 Å². The second kappa shape index (κ2) is 10.9. The van der Waals surface area contributed by atoms with Crippen LogP contribution in [0, 0.1) is 0 Å². The molecule has 0 radical (unpaired) electrons. The van der Waals surface area contributed by atoms with Crippen LogP contribution < -0.4 is 14.9 Å². The number of piperazine rings is 1. The number of likely N-dealkylation sites (N-methyl/N-ethyl adjacent to an activating group) is 1. The minimum Gasteiger partial charge on any atom is -0.369 e. The van der Waals surface area contributed by atoms with Crippen molar-refractivity contribution in [1.82, 2.24) is 19.6 Å². The maximum atomic E-state index is 12.7. The molecule has 1 aliphatic heterocycles. The highest BCUT2D eigenvalue weighted by atomic mass is 32.2. The van der Waals surface area contributed by atoms with E-state index >= 15 is 0 Å². The number of hydrogen-bond donors (Lipinski definition) is 2. The molecule has 3 aromatic carbocycles. The zero-order chi connectivity index (χ0) is 27.6. The first kappa shape index (κ1) is 27.1. The summed E-state index contributed by atoms with van der Waals surface area (Å²) in [5, 5.41) is 4.29. The lowest BCUT2D eigenvalue weighted by Crippen LogP contribution is -2.46. The zero-order valence-electron chi connectivity index (χ0n) is 23.0. The maximum Gasteiger partial charge on any atom is 0.241 e. The van der Waals surface area contributed by atoms with Crippen molar-refractivity contribution in [1.29, 1.82) is 0 Å². The van der Waals surface area contributed by atoms with E-state index in [-0.39, 0.29) is 4.90 Å². The first-order valence-corrected chi connectivity index (χ1v) is 14.8. The van der Waals surface area contributed by atoms with Gasteiger partial charge in [0.25, 0.3) is 0 Å². The van der Waals surface area contributed by atoms with Crippen LogP contribution in [0.2, 0.25) is 0 Å². The van der Waals surface area contributed by atoms with E-state index < -0.39 is 15.6 Å². The van der Waals surface area contributed by atoms with Crippen LogP contribution in [-0.4, -0.2) is 61.5 Å². The van der Waals surface area contributed by atoms with E-state index in [0.717, 1.165) is 60.4 Å². The zero-order valence-corrected chi connectivity index (χ0v) is 23.8. The molecule has 0 bridgehead atoms. The summed E-state index contributed by atoms with van der Waals surface area (Å²) >= 11 is 0. The van der Waals surface area contributed by atoms with Gasteiger partial charge in [0.1, 0.15) is 0 Å². The fourth-order valence-electron chi connectivity index (χ4n) is 4.86. The Hall–Kier alpha value is -3.53. The molecule has 0 atom stereocenters. The van der Waals surface area contributed by atoms with Crippen molar-refractivity contribution in [3.63, 3.8) is 0 Å². The fraction of sp³-hybridized carbons (Fsp3) is 0.333. The molecule has 0 saturated carbocycles. The summed E-state index contributed by atoms with van der Waals surface area (Å²) in [6.45, 7) is 12.9. The minimum atomic E-state index is -3.61. The van der Waals surface area contributed by atoms with Gasteiger partial charge < -0.3 is 15.1 Å². The lowest BCUT2D eigenvalue weighted by molar-refractivity contribution is 0.271. The Kier molecular flexibility index (Phi) is 7.57. The summed E-state index contributed by atoms with van der Waals surface area (Å²) in [5.74, 6) is 0.511. The molecule has 8 nitrogen and oxygen atoms in total. The van der Waals surface area contributed by atoms with Crippen molar-refractivity contribution >= 4 is 38.2 Å². The highest BCUT2D eigenvalue weighted by Gasteiger charge is 2.22. The molecule has 1 aliphatic rings. The van der Waals surface area contributed by atoms with Crippen LogP contribution in [0.5, 0.6) is 0 Å². The number of para-hydroxylation sites is 1. The van der Waals surface area contributed by atoms with Crippen LogP contribution in [0.15, 0.2) is 77.8 Å². The van der Waals surface area contributed by atoms with Crippen molar-refractivity contribution in [2.24, 2.45) is 0 Å². The van der Waals surface area contributed by atoms with E-state index in [4.69, 9.17) is 4.98 Å². The largest absolute Gasteiger partial charge is 0.369 e. The SMILES string of the molecule is CCN1CCN(c2cccc(Nc3ncc4cccc(-c5ccc(S(=O)(=O)NC(C)(C)C)cc5)c4n3)c2)CC1. The van der Waals surface area contributed by atoms with E-state index in [1.54, 1.807) is 12.1 Å². The van der Waals surface area contributed by atoms with E-state index in [1.165, 1.54) is 5.69 Å². The topological polar surface area (TPSA) is 90.5 Å². The Morgan fingerprint density at radius 3 is 2.33 bits per heavy atom. The monoisotopic (exact) mass is 544 g/mol. The molecule has 0 amide bonds. The second-order valence-electron chi connectivity index (χ2n) is 10.9. The lowest BCUT2D eigenvalue weighted by atomic mass is 10.0. The van der Waals surface area contributed by atoms with Gasteiger partial charge in [-0.15, -0.1) is 0 Å². The number of nitrogens with one attached hydrogen (secondary N) is 2. The molecule has 2 N–H and O–H groups in total. The standard InChI is InChI=1S/C30H36N6O2S/c1-5-35-16-18-36(19-17-35)25-10-7-9-24(20-25)32-29-31-21-23-8-6-11-27(28(23)33-29)22-12-14-26(15-13-22)39(37,38)34-30(2,3)4/h6-15,20-21,34H,5,16-19H2,1-4H3,(H,31,32,33). The van der Waals surface area contributed by atoms with E-state index in [9.17, 15) is 8.42 Å². The van der Waals surface area contributed by atoms with Crippen molar-refractivity contribution in [2.45, 2.75) is 38.1 Å². The second-order valence-corrected chi connectivity index (χ2v) is 12.6. The van der Waals surface area contributed by atoms with Gasteiger partial charge in [-0.2, -0.15) is 0 Å². The Balaban J connectivity index is 1.39. The Labute approximate surface area is 231 Å². The van der Waals surface area contributed by atoms with Crippen molar-refractivity contribution in [2.75, 3.05) is 42.9 Å². The number of rotatable bonds is 7. The normalized spacial score (nSPS) is 15.0. The summed E-state index contributed by atoms with van der Waals surface area (Å²) in [4.78, 5) is 14.5. The van der Waals surface area contributed by atoms with Gasteiger partial charge in [-0.3, -0.25) is 0 Å². The molecule has 39 heavy (non-hydrogen) atoms. The minimum absolute atomic E-state index is 0.231. The Morgan fingerprint density at radius 1 is 0.923 bits per heavy atom. The van der Waals surface area contributed by atoms with Gasteiger partial charge in [0.15, 0.2) is 0 Å². The molecule has 1 saturated heterocycles. The quantitative estimate of drug-likeness (QED) is 0.328. The van der Waals surface area contributed by atoms with Gasteiger partial charge in [0, 0.05) is 60.2 Å². The summed E-state index contributed by atoms with van der Waals surface area (Å²) in [6, 6.07) is 21.2. The van der Waals surface area contributed by atoms with Crippen LogP contribution in [0.3, 0.4) is 0 Å². The van der Waals surface area contributed by atoms with Gasteiger partial charge in [0.2, 0.25) is 16.0 Å². The molecule has 1 fully saturated rings. The lowest BCUT2D eigenvalue weighted by Gasteiger charge is -2.35. The van der Waals surface area contributed by atoms with E-state index in [2.05, 4.69) is 49.9 Å². The highest BCUT2D eigenvalue weighted by Crippen LogP contribution is 2.30. The summed E-state index contributed by atoms with van der Waals surface area (Å²) < 4.78 is 28.2. The number of nitrogens with zero attached hydrogens (tertiary/aromatic N) is 4. The molecule has 2 heterocycles. The first-order valence-electron chi connectivity index (χ1n) is 13.4. The average Bonchev–Trinajstić information content (AvgIpc) is 2.92. The predicted molar refractivity (Wildman–Crippen MR) is 159 cm³/mol. The number of hydrogen-bond acceptors (Lipinski definition) is 7. The summed E-state index contributed by atoms with van der Waals surface area (Å²) in [7, 11) is -3.61. The van der Waals surface area contributed by atoms with E-state index in [1.807, 2.05) is 63.4 Å². The molecule has 0 unspecified atom stereocenters. The van der Waals surface area contributed by atoms with Crippen LogP contribution >= 0.6 is 0 Å². The molecule has 5 rings (SSSR count). The van der Waals surface area contributed by atoms with Crippen LogP contribution in [0.1, 0.15) is 27.7 Å². The number of benzene rings is 3. The molecular weight excluding hydrogens is 508 g/mol. The van der Waals surface area contributed by atoms with Gasteiger partial charge in [-0.1, -0.05) is 43.3 Å². The van der Waals surface area contributed by atoms with Crippen LogP contribution in [0.4, 0.5) is 17.3 Å². The van der Waals surface area contributed by atoms with Gasteiger partial charge in [0.05, 0.1) is 10.4 Å². The smallest absolute Gasteiger partial charge is 0.241 e. The molecule has 9 heteroatoms. The third-order valence-electron chi connectivity index (χ3n) is 6.81. The highest BCUT2D eigenvalue weighted by molar-refractivity contribution is 7.89. The number of sulfonamides is 1. The first-order chi connectivity index (χ1) is 18.6. The van der Waals surface area contributed by atoms with Crippen LogP contribution in [0.25, 0.3) is 22.0 Å². The molecule has 1 aromatic heterocycles. The molecular formula is C30H36N6O2S. The number of aromatic nitrogens is 2. The number of anilines is 3. The molecule has 4 aromatic rings. The van der Waals surface area contributed by atoms with Crippen molar-refractivity contribution in [3.05, 3.63) is 72.9 Å². The number of fused-ring (bicyclic) bond motifs is 1. The van der Waals surface area contributed by atoms with Crippen molar-refractivity contribution in [3.8, 4) is 11.1 Å². The third kappa shape index (κ3) is 6.38. The third-order valence-corrected chi connectivity index (χ3v) is 8.59. The molecule has 0 spiro atoms.